The number of nitrogens with one attached hydrogen (secondary N) is 2. The zero-order valence-corrected chi connectivity index (χ0v) is 39.4. The van der Waals surface area contributed by atoms with E-state index < -0.39 is 0 Å². The van der Waals surface area contributed by atoms with Crippen LogP contribution in [-0.4, -0.2) is 21.1 Å². The van der Waals surface area contributed by atoms with Crippen LogP contribution in [0.2, 0.25) is 0 Å². The molecule has 1 unspecified atom stereocenters. The molecular weight excluding hydrogens is 845 g/mol. The lowest BCUT2D eigenvalue weighted by Crippen LogP contribution is -3.06. The Morgan fingerprint density at radius 2 is 0.515 bits per heavy atom. The molecule has 0 fully saturated rings. The van der Waals surface area contributed by atoms with Gasteiger partial charge in [-0.2, -0.15) is 0 Å². The Labute approximate surface area is 401 Å². The number of ether oxygens (including phenoxy) is 6. The van der Waals surface area contributed by atoms with Crippen LogP contribution in [0, 0.1) is 0 Å². The Hall–Kier alpha value is -7.52. The van der Waals surface area contributed by atoms with Crippen molar-refractivity contribution >= 4 is 0 Å². The Morgan fingerprint density at radius 3 is 0.838 bits per heavy atom. The van der Waals surface area contributed by atoms with Crippen LogP contribution in [0.25, 0.3) is 0 Å². The summed E-state index contributed by atoms with van der Waals surface area (Å²) in [5.41, 5.74) is 9.93. The van der Waals surface area contributed by atoms with Gasteiger partial charge in [-0.3, -0.25) is 0 Å². The maximum atomic E-state index is 6.66. The summed E-state index contributed by atoms with van der Waals surface area (Å²) in [6, 6.07) is 67.8. The number of hydrogen-bond donors (Lipinski definition) is 2. The largest absolute Gasteiger partial charge is 0.489 e. The van der Waals surface area contributed by atoms with Crippen molar-refractivity contribution in [2.75, 3.05) is 21.1 Å². The summed E-state index contributed by atoms with van der Waals surface area (Å²) in [6.45, 7) is 4.95. The fraction of sp³-hybridized carbons (Fsp3) is 0.200. The Balaban J connectivity index is 1.03. The molecule has 0 amide bonds. The molecule has 0 saturated heterocycles. The van der Waals surface area contributed by atoms with Crippen LogP contribution in [0.4, 0.5) is 0 Å². The van der Waals surface area contributed by atoms with Crippen molar-refractivity contribution in [1.29, 1.82) is 0 Å². The summed E-state index contributed by atoms with van der Waals surface area (Å²) >= 11 is 0. The first-order valence-electron chi connectivity index (χ1n) is 23.4. The quantitative estimate of drug-likeness (QED) is 0.0630. The molecule has 1 atom stereocenters. The minimum atomic E-state index is 0.291. The van der Waals surface area contributed by atoms with Gasteiger partial charge in [0.1, 0.15) is 93.8 Å². The van der Waals surface area contributed by atoms with Gasteiger partial charge in [-0.25, -0.2) is 0 Å². The Morgan fingerprint density at radius 1 is 0.250 bits per heavy atom. The van der Waals surface area contributed by atoms with Crippen molar-refractivity contribution in [1.82, 2.24) is 0 Å². The molecule has 8 nitrogen and oxygen atoms in total. The van der Waals surface area contributed by atoms with Crippen LogP contribution in [0.5, 0.6) is 34.5 Å². The van der Waals surface area contributed by atoms with E-state index in [-0.39, 0.29) is 0 Å². The molecule has 8 rings (SSSR count). The fourth-order valence-corrected chi connectivity index (χ4v) is 7.97. The molecule has 2 N–H and O–H groups in total. The van der Waals surface area contributed by atoms with Crippen molar-refractivity contribution in [2.24, 2.45) is 0 Å². The zero-order chi connectivity index (χ0) is 46.8. The molecule has 0 aliphatic rings. The van der Waals surface area contributed by atoms with E-state index in [1.165, 1.54) is 20.9 Å². The highest BCUT2D eigenvalue weighted by molar-refractivity contribution is 5.42. The van der Waals surface area contributed by atoms with E-state index in [1.54, 1.807) is 0 Å². The van der Waals surface area contributed by atoms with Crippen LogP contribution in [0.3, 0.4) is 0 Å². The number of hydrogen-bond acceptors (Lipinski definition) is 6. The lowest BCUT2D eigenvalue weighted by atomic mass is 10.1. The molecule has 0 aromatic heterocycles. The van der Waals surface area contributed by atoms with E-state index in [4.69, 9.17) is 28.4 Å². The molecule has 0 bridgehead atoms. The number of benzene rings is 8. The van der Waals surface area contributed by atoms with E-state index in [0.717, 1.165) is 58.6 Å². The first kappa shape index (κ1) is 47.0. The molecule has 346 valence electrons. The third kappa shape index (κ3) is 15.3. The minimum absolute atomic E-state index is 0.291. The summed E-state index contributed by atoms with van der Waals surface area (Å²) in [5.74, 6) is 4.24. The fourth-order valence-electron chi connectivity index (χ4n) is 7.97. The predicted molar refractivity (Wildman–Crippen MR) is 268 cm³/mol. The predicted octanol–water partition coefficient (Wildman–Crippen LogP) is 10.0. The summed E-state index contributed by atoms with van der Waals surface area (Å²) in [7, 11) is 6.60. The summed E-state index contributed by atoms with van der Waals surface area (Å²) in [6.07, 6.45) is 0. The van der Waals surface area contributed by atoms with Gasteiger partial charge in [-0.15, -0.1) is 0 Å². The number of rotatable bonds is 24. The normalized spacial score (nSPS) is 11.5. The van der Waals surface area contributed by atoms with Crippen molar-refractivity contribution < 1.29 is 38.2 Å². The third-order valence-electron chi connectivity index (χ3n) is 11.2. The van der Waals surface area contributed by atoms with Crippen molar-refractivity contribution in [3.63, 3.8) is 0 Å². The maximum Gasteiger partial charge on any atom is 0.124 e. The lowest BCUT2D eigenvalue weighted by Gasteiger charge is -2.18. The summed E-state index contributed by atoms with van der Waals surface area (Å²) in [5, 5.41) is 0. The van der Waals surface area contributed by atoms with Gasteiger partial charge in [-0.05, 0) is 75.8 Å². The van der Waals surface area contributed by atoms with Gasteiger partial charge in [0.05, 0.1) is 21.1 Å². The van der Waals surface area contributed by atoms with Gasteiger partial charge in [0.15, 0.2) is 0 Å². The highest BCUT2D eigenvalue weighted by Gasteiger charge is 2.14. The topological polar surface area (TPSA) is 64.3 Å². The third-order valence-corrected chi connectivity index (χ3v) is 11.2. The summed E-state index contributed by atoms with van der Waals surface area (Å²) in [4.78, 5) is 2.74. The van der Waals surface area contributed by atoms with E-state index in [2.05, 4.69) is 106 Å². The molecule has 0 aliphatic carbocycles. The molecule has 8 aromatic carbocycles. The molecule has 0 heterocycles. The first-order chi connectivity index (χ1) is 33.3. The molecule has 8 aromatic rings. The molecule has 0 saturated carbocycles. The average Bonchev–Trinajstić information content (AvgIpc) is 3.36. The molecule has 0 spiro atoms. The SMILES string of the molecule is C[NH+](C)Cc1cccc(C[NH+](C)Cc2cc(OCc3cc(OCc4ccccc4)cc(OCc4ccccc4)c3)cc(OCc3cc(OCc4ccccc4)cc(OCc4ccccc4)c3)c2)c1. The van der Waals surface area contributed by atoms with Crippen LogP contribution >= 0.6 is 0 Å². The summed E-state index contributed by atoms with van der Waals surface area (Å²) < 4.78 is 38.6. The van der Waals surface area contributed by atoms with Crippen molar-refractivity contribution in [2.45, 2.75) is 59.3 Å². The molecule has 8 heteroatoms. The highest BCUT2D eigenvalue weighted by Crippen LogP contribution is 2.30. The van der Waals surface area contributed by atoms with Crippen LogP contribution in [0.1, 0.15) is 50.1 Å². The Kier molecular flexibility index (Phi) is 16.8. The maximum absolute atomic E-state index is 6.66. The smallest absolute Gasteiger partial charge is 0.124 e. The minimum Gasteiger partial charge on any atom is -0.489 e. The van der Waals surface area contributed by atoms with E-state index in [1.807, 2.05) is 115 Å². The van der Waals surface area contributed by atoms with E-state index >= 15 is 0 Å². The van der Waals surface area contributed by atoms with Gasteiger partial charge in [0, 0.05) is 34.9 Å². The molecular formula is C60H62N2O6+2. The van der Waals surface area contributed by atoms with Gasteiger partial charge in [-0.1, -0.05) is 140 Å². The van der Waals surface area contributed by atoms with Crippen LogP contribution in [0.15, 0.2) is 200 Å². The van der Waals surface area contributed by atoms with Gasteiger partial charge in [0.25, 0.3) is 0 Å². The average molecular weight is 907 g/mol. The van der Waals surface area contributed by atoms with Crippen molar-refractivity contribution in [3.8, 4) is 34.5 Å². The zero-order valence-electron chi connectivity index (χ0n) is 39.4. The standard InChI is InChI=1S/C60H60N2O6/c1-61(2)37-50-25-16-26-51(27-50)38-62(3)39-52-28-55(67-44-53-30-57(63-40-46-17-8-4-9-18-46)35-58(31-53)64-41-47-19-10-5-11-20-47)34-56(29-52)68-45-54-32-59(65-42-48-21-12-6-13-22-48)36-60(33-54)66-43-49-23-14-7-15-24-49/h4-36H,37-45H2,1-3H3/p+2. The van der Waals surface area contributed by atoms with E-state index in [9.17, 15) is 0 Å². The van der Waals surface area contributed by atoms with Crippen LogP contribution < -0.4 is 38.2 Å². The van der Waals surface area contributed by atoms with Gasteiger partial charge >= 0.3 is 0 Å². The van der Waals surface area contributed by atoms with Crippen molar-refractivity contribution in [3.05, 3.63) is 250 Å². The van der Waals surface area contributed by atoms with Crippen LogP contribution in [-0.2, 0) is 59.3 Å². The molecule has 68 heavy (non-hydrogen) atoms. The van der Waals surface area contributed by atoms with Gasteiger partial charge < -0.3 is 38.2 Å². The Bertz CT molecular complexity index is 2490. The number of quaternary nitrogens is 2. The second-order valence-electron chi connectivity index (χ2n) is 17.6. The molecule has 0 aliphatic heterocycles. The lowest BCUT2D eigenvalue weighted by molar-refractivity contribution is -0.907. The second-order valence-corrected chi connectivity index (χ2v) is 17.6. The van der Waals surface area contributed by atoms with Gasteiger partial charge in [0.2, 0.25) is 0 Å². The highest BCUT2D eigenvalue weighted by atomic mass is 16.5. The second kappa shape index (κ2) is 24.3. The molecule has 0 radical (unpaired) electrons. The van der Waals surface area contributed by atoms with E-state index in [0.29, 0.717) is 74.1 Å². The monoisotopic (exact) mass is 906 g/mol. The first-order valence-corrected chi connectivity index (χ1v) is 23.4.